The fourth-order valence-corrected chi connectivity index (χ4v) is 1.59. The van der Waals surface area contributed by atoms with Gasteiger partial charge in [-0.2, -0.15) is 9.97 Å². The second-order valence-electron chi connectivity index (χ2n) is 3.90. The molecule has 0 bridgehead atoms. The van der Waals surface area contributed by atoms with Crippen LogP contribution in [0.5, 0.6) is 23.3 Å². The highest BCUT2D eigenvalue weighted by molar-refractivity contribution is 6.07. The molecule has 1 amide bonds. The first kappa shape index (κ1) is 14.4. The van der Waals surface area contributed by atoms with Gasteiger partial charge in [0.1, 0.15) is 17.1 Å². The van der Waals surface area contributed by atoms with Crippen LogP contribution in [0.4, 0.5) is 5.95 Å². The number of methoxy groups -OCH3 is 2. The minimum absolute atomic E-state index is 0.0844. The van der Waals surface area contributed by atoms with Gasteiger partial charge in [0.15, 0.2) is 0 Å². The van der Waals surface area contributed by atoms with Crippen LogP contribution in [0.25, 0.3) is 0 Å². The van der Waals surface area contributed by atoms with E-state index in [9.17, 15) is 15.0 Å². The Balaban J connectivity index is 2.31. The molecular weight excluding hydrogens is 278 g/mol. The van der Waals surface area contributed by atoms with E-state index in [-0.39, 0.29) is 34.8 Å². The van der Waals surface area contributed by atoms with Gasteiger partial charge < -0.3 is 19.7 Å². The molecule has 1 heterocycles. The SMILES string of the molecule is COc1cc(OC)nc(NC(=O)c2c(O)cccc2O)n1. The molecule has 1 aromatic heterocycles. The number of benzene rings is 1. The minimum atomic E-state index is -0.763. The topological polar surface area (TPSA) is 114 Å². The number of phenols is 2. The van der Waals surface area contributed by atoms with Crippen molar-refractivity contribution in [1.29, 1.82) is 0 Å². The average Bonchev–Trinajstić information content (AvgIpc) is 2.46. The third kappa shape index (κ3) is 3.11. The van der Waals surface area contributed by atoms with Crippen LogP contribution in [0.15, 0.2) is 24.3 Å². The number of aromatic nitrogens is 2. The van der Waals surface area contributed by atoms with E-state index >= 15 is 0 Å². The van der Waals surface area contributed by atoms with Crippen LogP contribution in [0.3, 0.4) is 0 Å². The van der Waals surface area contributed by atoms with Crippen LogP contribution >= 0.6 is 0 Å². The standard InChI is InChI=1S/C13H13N3O5/c1-20-9-6-10(21-2)15-13(14-9)16-12(19)11-7(17)4-3-5-8(11)18/h3-6,17-18H,1-2H3,(H,14,15,16,19). The summed E-state index contributed by atoms with van der Waals surface area (Å²) in [6.07, 6.45) is 0. The van der Waals surface area contributed by atoms with Crippen LogP contribution in [0, 0.1) is 0 Å². The summed E-state index contributed by atoms with van der Waals surface area (Å²) >= 11 is 0. The predicted octanol–water partition coefficient (Wildman–Crippen LogP) is 1.16. The molecule has 0 saturated carbocycles. The van der Waals surface area contributed by atoms with Crippen molar-refractivity contribution in [2.75, 3.05) is 19.5 Å². The number of hydrogen-bond acceptors (Lipinski definition) is 7. The van der Waals surface area contributed by atoms with Gasteiger partial charge in [-0.3, -0.25) is 10.1 Å². The Morgan fingerprint density at radius 1 is 1.10 bits per heavy atom. The molecule has 0 aliphatic carbocycles. The number of nitrogens with zero attached hydrogens (tertiary/aromatic N) is 2. The zero-order chi connectivity index (χ0) is 15.4. The molecule has 0 radical (unpaired) electrons. The molecule has 8 heteroatoms. The van der Waals surface area contributed by atoms with Crippen molar-refractivity contribution in [2.24, 2.45) is 0 Å². The molecule has 0 unspecified atom stereocenters. The number of amides is 1. The summed E-state index contributed by atoms with van der Waals surface area (Å²) < 4.78 is 9.90. The summed E-state index contributed by atoms with van der Waals surface area (Å²) in [5.74, 6) is -1.18. The zero-order valence-corrected chi connectivity index (χ0v) is 11.3. The maximum atomic E-state index is 12.1. The fourth-order valence-electron chi connectivity index (χ4n) is 1.59. The highest BCUT2D eigenvalue weighted by atomic mass is 16.5. The Kier molecular flexibility index (Phi) is 4.07. The van der Waals surface area contributed by atoms with Crippen LogP contribution in [-0.4, -0.2) is 40.3 Å². The first-order chi connectivity index (χ1) is 10.0. The molecular formula is C13H13N3O5. The summed E-state index contributed by atoms with van der Waals surface area (Å²) in [5, 5.41) is 21.6. The zero-order valence-electron chi connectivity index (χ0n) is 11.3. The van der Waals surface area contributed by atoms with Crippen molar-refractivity contribution in [3.63, 3.8) is 0 Å². The van der Waals surface area contributed by atoms with Gasteiger partial charge in [-0.25, -0.2) is 0 Å². The van der Waals surface area contributed by atoms with Crippen LogP contribution in [-0.2, 0) is 0 Å². The van der Waals surface area contributed by atoms with Gasteiger partial charge in [-0.1, -0.05) is 6.07 Å². The Morgan fingerprint density at radius 2 is 1.62 bits per heavy atom. The number of nitrogens with one attached hydrogen (secondary N) is 1. The van der Waals surface area contributed by atoms with Gasteiger partial charge in [-0.05, 0) is 12.1 Å². The molecule has 2 rings (SSSR count). The lowest BCUT2D eigenvalue weighted by atomic mass is 10.1. The predicted molar refractivity (Wildman–Crippen MR) is 72.9 cm³/mol. The van der Waals surface area contributed by atoms with Crippen LogP contribution in [0.2, 0.25) is 0 Å². The lowest BCUT2D eigenvalue weighted by Gasteiger charge is -2.09. The van der Waals surface area contributed by atoms with E-state index in [1.807, 2.05) is 0 Å². The highest BCUT2D eigenvalue weighted by Gasteiger charge is 2.18. The summed E-state index contributed by atoms with van der Waals surface area (Å²) in [5.41, 5.74) is -0.275. The molecule has 110 valence electrons. The number of carbonyl (C=O) groups excluding carboxylic acids is 1. The maximum Gasteiger partial charge on any atom is 0.265 e. The molecule has 8 nitrogen and oxygen atoms in total. The lowest BCUT2D eigenvalue weighted by molar-refractivity contribution is 0.102. The van der Waals surface area contributed by atoms with Gasteiger partial charge >= 0.3 is 0 Å². The summed E-state index contributed by atoms with van der Waals surface area (Å²) in [7, 11) is 2.81. The number of anilines is 1. The normalized spacial score (nSPS) is 10.0. The quantitative estimate of drug-likeness (QED) is 0.774. The molecule has 1 aromatic carbocycles. The van der Waals surface area contributed by atoms with E-state index in [0.29, 0.717) is 0 Å². The van der Waals surface area contributed by atoms with Crippen LogP contribution < -0.4 is 14.8 Å². The Morgan fingerprint density at radius 3 is 2.10 bits per heavy atom. The average molecular weight is 291 g/mol. The van der Waals surface area contributed by atoms with E-state index < -0.39 is 5.91 Å². The Labute approximate surface area is 120 Å². The maximum absolute atomic E-state index is 12.1. The second kappa shape index (κ2) is 5.95. The van der Waals surface area contributed by atoms with Gasteiger partial charge in [0.2, 0.25) is 17.7 Å². The van der Waals surface area contributed by atoms with E-state index in [0.717, 1.165) is 0 Å². The molecule has 0 fully saturated rings. The smallest absolute Gasteiger partial charge is 0.265 e. The minimum Gasteiger partial charge on any atom is -0.507 e. The van der Waals surface area contributed by atoms with Crippen LogP contribution in [0.1, 0.15) is 10.4 Å². The number of carbonyl (C=O) groups is 1. The Hall–Kier alpha value is -3.03. The van der Waals surface area contributed by atoms with Crippen molar-refractivity contribution in [2.45, 2.75) is 0 Å². The summed E-state index contributed by atoms with van der Waals surface area (Å²) in [6.45, 7) is 0. The lowest BCUT2D eigenvalue weighted by Crippen LogP contribution is -2.15. The van der Waals surface area contributed by atoms with E-state index in [1.54, 1.807) is 0 Å². The molecule has 0 atom stereocenters. The molecule has 2 aromatic rings. The van der Waals surface area contributed by atoms with Crippen molar-refractivity contribution in [3.8, 4) is 23.3 Å². The highest BCUT2D eigenvalue weighted by Crippen LogP contribution is 2.27. The number of ether oxygens (including phenoxy) is 2. The number of rotatable bonds is 4. The van der Waals surface area contributed by atoms with E-state index in [2.05, 4.69) is 15.3 Å². The van der Waals surface area contributed by atoms with Crippen molar-refractivity contribution in [3.05, 3.63) is 29.8 Å². The molecule has 0 aliphatic heterocycles. The van der Waals surface area contributed by atoms with Gasteiger partial charge in [0.05, 0.1) is 20.3 Å². The second-order valence-corrected chi connectivity index (χ2v) is 3.90. The number of phenolic OH excluding ortho intramolecular Hbond substituents is 2. The first-order valence-electron chi connectivity index (χ1n) is 5.84. The van der Waals surface area contributed by atoms with Gasteiger partial charge in [-0.15, -0.1) is 0 Å². The molecule has 0 saturated heterocycles. The van der Waals surface area contributed by atoms with Crippen molar-refractivity contribution < 1.29 is 24.5 Å². The third-order valence-corrected chi connectivity index (χ3v) is 2.57. The largest absolute Gasteiger partial charge is 0.507 e. The van der Waals surface area contributed by atoms with Crippen molar-refractivity contribution in [1.82, 2.24) is 9.97 Å². The summed E-state index contributed by atoms with van der Waals surface area (Å²) in [4.78, 5) is 19.9. The first-order valence-corrected chi connectivity index (χ1v) is 5.84. The number of hydrogen-bond donors (Lipinski definition) is 3. The molecule has 21 heavy (non-hydrogen) atoms. The van der Waals surface area contributed by atoms with Gasteiger partial charge in [0, 0.05) is 0 Å². The Bertz CT molecular complexity index is 632. The molecule has 0 aliphatic rings. The monoisotopic (exact) mass is 291 g/mol. The fraction of sp³-hybridized carbons (Fsp3) is 0.154. The van der Waals surface area contributed by atoms with Gasteiger partial charge in [0.25, 0.3) is 5.91 Å². The number of aromatic hydroxyl groups is 2. The molecule has 0 spiro atoms. The molecule has 3 N–H and O–H groups in total. The van der Waals surface area contributed by atoms with E-state index in [4.69, 9.17) is 9.47 Å². The summed E-state index contributed by atoms with van der Waals surface area (Å²) in [6, 6.07) is 5.41. The van der Waals surface area contributed by atoms with Crippen molar-refractivity contribution >= 4 is 11.9 Å². The third-order valence-electron chi connectivity index (χ3n) is 2.57. The van der Waals surface area contributed by atoms with E-state index in [1.165, 1.54) is 38.5 Å².